The lowest BCUT2D eigenvalue weighted by Gasteiger charge is -2.10. The lowest BCUT2D eigenvalue weighted by molar-refractivity contribution is -0.140. The highest BCUT2D eigenvalue weighted by Gasteiger charge is 2.34. The van der Waals surface area contributed by atoms with E-state index in [0.717, 1.165) is 24.3 Å². The first-order valence-electron chi connectivity index (χ1n) is 4.77. The van der Waals surface area contributed by atoms with Gasteiger partial charge < -0.3 is 0 Å². The first-order valence-corrected chi connectivity index (χ1v) is 5.59. The fourth-order valence-corrected chi connectivity index (χ4v) is 2.08. The Morgan fingerprint density at radius 1 is 1.06 bits per heavy atom. The summed E-state index contributed by atoms with van der Waals surface area (Å²) < 4.78 is 50.7. The van der Waals surface area contributed by atoms with Crippen molar-refractivity contribution in [2.24, 2.45) is 0 Å². The monoisotopic (exact) mass is 274 g/mol. The van der Waals surface area contributed by atoms with Gasteiger partial charge in [-0.25, -0.2) is 14.4 Å². The molecule has 2 rings (SSSR count). The van der Waals surface area contributed by atoms with Crippen LogP contribution in [0.5, 0.6) is 0 Å². The highest BCUT2D eigenvalue weighted by atomic mass is 32.2. The van der Waals surface area contributed by atoms with Crippen LogP contribution in [0.3, 0.4) is 0 Å². The number of rotatable bonds is 2. The minimum atomic E-state index is -4.51. The molecule has 0 unspecified atom stereocenters. The van der Waals surface area contributed by atoms with E-state index in [-0.39, 0.29) is 5.03 Å². The molecule has 2 aromatic rings. The van der Waals surface area contributed by atoms with Gasteiger partial charge in [0.2, 0.25) is 0 Å². The summed E-state index contributed by atoms with van der Waals surface area (Å²) in [4.78, 5) is 7.44. The quantitative estimate of drug-likeness (QED) is 0.615. The van der Waals surface area contributed by atoms with Crippen LogP contribution in [-0.4, -0.2) is 9.97 Å². The molecule has 0 aliphatic rings. The second-order valence-corrected chi connectivity index (χ2v) is 4.36. The summed E-state index contributed by atoms with van der Waals surface area (Å²) in [6, 6.07) is 5.14. The molecule has 0 saturated carbocycles. The fourth-order valence-electron chi connectivity index (χ4n) is 1.21. The van der Waals surface area contributed by atoms with E-state index in [0.29, 0.717) is 4.90 Å². The zero-order valence-corrected chi connectivity index (χ0v) is 9.60. The van der Waals surface area contributed by atoms with Crippen molar-refractivity contribution in [2.45, 2.75) is 16.1 Å². The Balaban J connectivity index is 2.32. The van der Waals surface area contributed by atoms with Crippen LogP contribution in [0, 0.1) is 5.82 Å². The Labute approximate surface area is 104 Å². The number of nitrogens with zero attached hydrogens (tertiary/aromatic N) is 2. The first-order chi connectivity index (χ1) is 8.47. The van der Waals surface area contributed by atoms with Crippen molar-refractivity contribution in [3.05, 3.63) is 48.2 Å². The van der Waals surface area contributed by atoms with Crippen molar-refractivity contribution in [1.29, 1.82) is 0 Å². The van der Waals surface area contributed by atoms with Gasteiger partial charge in [-0.05, 0) is 24.3 Å². The van der Waals surface area contributed by atoms with Gasteiger partial charge >= 0.3 is 6.18 Å². The Bertz CT molecular complexity index is 539. The predicted molar refractivity (Wildman–Crippen MR) is 57.6 cm³/mol. The maximum Gasteiger partial charge on any atom is 0.420 e. The van der Waals surface area contributed by atoms with Gasteiger partial charge in [0.15, 0.2) is 0 Å². The van der Waals surface area contributed by atoms with E-state index in [4.69, 9.17) is 0 Å². The van der Waals surface area contributed by atoms with Crippen LogP contribution in [-0.2, 0) is 6.18 Å². The van der Waals surface area contributed by atoms with Gasteiger partial charge in [0.25, 0.3) is 0 Å². The molecule has 0 bridgehead atoms. The zero-order chi connectivity index (χ0) is 13.2. The lowest BCUT2D eigenvalue weighted by atomic mass is 10.3. The van der Waals surface area contributed by atoms with Crippen LogP contribution in [0.25, 0.3) is 0 Å². The summed E-state index contributed by atoms with van der Waals surface area (Å²) in [6.07, 6.45) is -2.75. The number of benzene rings is 1. The molecule has 1 heterocycles. The molecule has 7 heteroatoms. The van der Waals surface area contributed by atoms with Gasteiger partial charge in [-0.2, -0.15) is 13.2 Å². The van der Waals surface area contributed by atoms with E-state index in [1.54, 1.807) is 0 Å². The molecule has 18 heavy (non-hydrogen) atoms. The summed E-state index contributed by atoms with van der Waals surface area (Å²) in [5.41, 5.74) is -0.903. The summed E-state index contributed by atoms with van der Waals surface area (Å²) in [5.74, 6) is -0.446. The van der Waals surface area contributed by atoms with Crippen LogP contribution in [0.1, 0.15) is 5.56 Å². The molecule has 0 saturated heterocycles. The second kappa shape index (κ2) is 4.93. The molecule has 0 aliphatic heterocycles. The molecule has 0 fully saturated rings. The Morgan fingerprint density at radius 3 is 2.33 bits per heavy atom. The van der Waals surface area contributed by atoms with Crippen LogP contribution in [0.4, 0.5) is 17.6 Å². The van der Waals surface area contributed by atoms with Crippen molar-refractivity contribution < 1.29 is 17.6 Å². The smallest absolute Gasteiger partial charge is 0.244 e. The lowest BCUT2D eigenvalue weighted by Crippen LogP contribution is -2.08. The predicted octanol–water partition coefficient (Wildman–Crippen LogP) is 3.79. The Kier molecular flexibility index (Phi) is 3.51. The highest BCUT2D eigenvalue weighted by Crippen LogP contribution is 2.37. The number of aromatic nitrogens is 2. The standard InChI is InChI=1S/C11H6F4N2S/c12-7-1-3-8(4-2-7)18-10-9(11(13,14)15)5-16-6-17-10/h1-6H. The molecule has 1 aromatic heterocycles. The van der Waals surface area contributed by atoms with E-state index in [1.165, 1.54) is 24.3 Å². The van der Waals surface area contributed by atoms with E-state index >= 15 is 0 Å². The number of hydrogen-bond donors (Lipinski definition) is 0. The van der Waals surface area contributed by atoms with Gasteiger partial charge in [0.1, 0.15) is 22.7 Å². The molecule has 1 aromatic carbocycles. The van der Waals surface area contributed by atoms with E-state index in [1.807, 2.05) is 0 Å². The van der Waals surface area contributed by atoms with Crippen molar-refractivity contribution in [2.75, 3.05) is 0 Å². The van der Waals surface area contributed by atoms with Gasteiger partial charge in [-0.1, -0.05) is 11.8 Å². The molecule has 0 amide bonds. The third kappa shape index (κ3) is 2.98. The SMILES string of the molecule is Fc1ccc(Sc2ncncc2C(F)(F)F)cc1. The average molecular weight is 274 g/mol. The molecule has 0 aliphatic carbocycles. The number of alkyl halides is 3. The molecular weight excluding hydrogens is 268 g/mol. The van der Waals surface area contributed by atoms with E-state index in [9.17, 15) is 17.6 Å². The first kappa shape index (κ1) is 12.8. The largest absolute Gasteiger partial charge is 0.420 e. The third-order valence-corrected chi connectivity index (χ3v) is 3.04. The number of hydrogen-bond acceptors (Lipinski definition) is 3. The zero-order valence-electron chi connectivity index (χ0n) is 8.78. The van der Waals surface area contributed by atoms with E-state index < -0.39 is 17.6 Å². The van der Waals surface area contributed by atoms with Crippen molar-refractivity contribution in [3.63, 3.8) is 0 Å². The minimum absolute atomic E-state index is 0.205. The second-order valence-electron chi connectivity index (χ2n) is 3.30. The van der Waals surface area contributed by atoms with Crippen LogP contribution >= 0.6 is 11.8 Å². The maximum absolute atomic E-state index is 12.7. The topological polar surface area (TPSA) is 25.8 Å². The van der Waals surface area contributed by atoms with Gasteiger partial charge in [0, 0.05) is 11.1 Å². The van der Waals surface area contributed by atoms with Crippen molar-refractivity contribution in [1.82, 2.24) is 9.97 Å². The summed E-state index contributed by atoms with van der Waals surface area (Å²) >= 11 is 0.812. The molecular formula is C11H6F4N2S. The van der Waals surface area contributed by atoms with Gasteiger partial charge in [0.05, 0.1) is 0 Å². The average Bonchev–Trinajstić information content (AvgIpc) is 2.31. The van der Waals surface area contributed by atoms with Crippen molar-refractivity contribution >= 4 is 11.8 Å². The molecule has 94 valence electrons. The van der Waals surface area contributed by atoms with Gasteiger partial charge in [-0.3, -0.25) is 0 Å². The summed E-state index contributed by atoms with van der Waals surface area (Å²) in [7, 11) is 0. The van der Waals surface area contributed by atoms with Crippen LogP contribution < -0.4 is 0 Å². The normalized spacial score (nSPS) is 11.6. The fraction of sp³-hybridized carbons (Fsp3) is 0.0909. The Morgan fingerprint density at radius 2 is 1.72 bits per heavy atom. The minimum Gasteiger partial charge on any atom is -0.244 e. The summed E-state index contributed by atoms with van der Waals surface area (Å²) in [5, 5.41) is -0.205. The summed E-state index contributed by atoms with van der Waals surface area (Å²) in [6.45, 7) is 0. The molecule has 2 nitrogen and oxygen atoms in total. The third-order valence-electron chi connectivity index (χ3n) is 2.01. The molecule has 0 spiro atoms. The van der Waals surface area contributed by atoms with Crippen LogP contribution in [0.2, 0.25) is 0 Å². The number of halogens is 4. The molecule has 0 radical (unpaired) electrons. The molecule has 0 atom stereocenters. The maximum atomic E-state index is 12.7. The highest BCUT2D eigenvalue weighted by molar-refractivity contribution is 7.99. The van der Waals surface area contributed by atoms with Gasteiger partial charge in [-0.15, -0.1) is 0 Å². The molecule has 0 N–H and O–H groups in total. The van der Waals surface area contributed by atoms with E-state index in [2.05, 4.69) is 9.97 Å². The van der Waals surface area contributed by atoms with Crippen molar-refractivity contribution in [3.8, 4) is 0 Å². The Hall–Kier alpha value is -1.63. The van der Waals surface area contributed by atoms with Crippen LogP contribution in [0.15, 0.2) is 46.7 Å².